The van der Waals surface area contributed by atoms with Crippen LogP contribution >= 0.6 is 11.6 Å². The molecule has 1 unspecified atom stereocenters. The Kier molecular flexibility index (Phi) is 2.52. The first kappa shape index (κ1) is 9.62. The van der Waals surface area contributed by atoms with Gasteiger partial charge < -0.3 is 15.4 Å². The molecule has 2 N–H and O–H groups in total. The van der Waals surface area contributed by atoms with E-state index in [4.69, 9.17) is 22.1 Å². The third-order valence-corrected chi connectivity index (χ3v) is 2.79. The van der Waals surface area contributed by atoms with Crippen LogP contribution in [0.4, 0.5) is 5.69 Å². The van der Waals surface area contributed by atoms with Crippen LogP contribution in [0.2, 0.25) is 5.02 Å². The molecule has 1 aromatic rings. The van der Waals surface area contributed by atoms with Gasteiger partial charge in [-0.2, -0.15) is 0 Å². The number of benzene rings is 1. The molecule has 1 heterocycles. The minimum atomic E-state index is 0.237. The third-order valence-electron chi connectivity index (χ3n) is 2.55. The van der Waals surface area contributed by atoms with Crippen molar-refractivity contribution in [2.75, 3.05) is 25.1 Å². The number of anilines is 1. The molecule has 1 atom stereocenters. The number of rotatable bonds is 1. The highest BCUT2D eigenvalue weighted by Gasteiger charge is 2.23. The average Bonchev–Trinajstić information content (AvgIpc) is 2.20. The van der Waals surface area contributed by atoms with Crippen molar-refractivity contribution in [2.45, 2.75) is 6.04 Å². The second-order valence-corrected chi connectivity index (χ2v) is 3.86. The van der Waals surface area contributed by atoms with Crippen LogP contribution in [-0.2, 0) is 0 Å². The van der Waals surface area contributed by atoms with E-state index in [1.165, 1.54) is 0 Å². The normalized spacial score (nSPS) is 20.2. The molecule has 0 aromatic heterocycles. The molecule has 4 heteroatoms. The van der Waals surface area contributed by atoms with Crippen LogP contribution in [0.1, 0.15) is 0 Å². The van der Waals surface area contributed by atoms with Crippen LogP contribution in [-0.4, -0.2) is 26.2 Å². The lowest BCUT2D eigenvalue weighted by Crippen LogP contribution is -2.45. The highest BCUT2D eigenvalue weighted by atomic mass is 35.5. The van der Waals surface area contributed by atoms with Gasteiger partial charge in [-0.15, -0.1) is 0 Å². The Bertz CT molecular complexity index is 343. The fraction of sp³-hybridized carbons (Fsp3) is 0.400. The number of hydrogen-bond donors (Lipinski definition) is 1. The lowest BCUT2D eigenvalue weighted by molar-refractivity contribution is 0.269. The maximum Gasteiger partial charge on any atom is 0.142 e. The largest absolute Gasteiger partial charge is 0.489 e. The van der Waals surface area contributed by atoms with Crippen molar-refractivity contribution in [3.63, 3.8) is 0 Å². The number of fused-ring (bicyclic) bond motifs is 1. The molecule has 0 spiro atoms. The first-order chi connectivity index (χ1) is 6.72. The van der Waals surface area contributed by atoms with Crippen molar-refractivity contribution in [2.24, 2.45) is 5.73 Å². The molecular formula is C10H13ClN2O. The molecule has 14 heavy (non-hydrogen) atoms. The Balaban J connectivity index is 2.38. The van der Waals surface area contributed by atoms with E-state index in [-0.39, 0.29) is 6.04 Å². The summed E-state index contributed by atoms with van der Waals surface area (Å²) in [5, 5.41) is 0.719. The minimum Gasteiger partial charge on any atom is -0.489 e. The Hall–Kier alpha value is -0.930. The van der Waals surface area contributed by atoms with Crippen LogP contribution < -0.4 is 15.4 Å². The Morgan fingerprint density at radius 3 is 3.14 bits per heavy atom. The van der Waals surface area contributed by atoms with E-state index in [1.54, 1.807) is 0 Å². The molecule has 2 rings (SSSR count). The van der Waals surface area contributed by atoms with E-state index < -0.39 is 0 Å². The van der Waals surface area contributed by atoms with E-state index in [0.29, 0.717) is 13.2 Å². The minimum absolute atomic E-state index is 0.237. The molecule has 0 radical (unpaired) electrons. The van der Waals surface area contributed by atoms with Crippen LogP contribution in [0, 0.1) is 0 Å². The fourth-order valence-electron chi connectivity index (χ4n) is 1.61. The Morgan fingerprint density at radius 1 is 1.64 bits per heavy atom. The molecule has 0 amide bonds. The SMILES string of the molecule is CN1c2cc(Cl)ccc2OCC1CN. The molecule has 0 aliphatic carbocycles. The summed E-state index contributed by atoms with van der Waals surface area (Å²) >= 11 is 5.92. The topological polar surface area (TPSA) is 38.5 Å². The van der Waals surface area contributed by atoms with Crippen molar-refractivity contribution in [1.82, 2.24) is 0 Å². The van der Waals surface area contributed by atoms with E-state index in [1.807, 2.05) is 25.2 Å². The van der Waals surface area contributed by atoms with Gasteiger partial charge in [0.05, 0.1) is 11.7 Å². The maximum atomic E-state index is 5.92. The molecule has 1 aliphatic rings. The van der Waals surface area contributed by atoms with Crippen LogP contribution in [0.25, 0.3) is 0 Å². The van der Waals surface area contributed by atoms with Gasteiger partial charge in [-0.3, -0.25) is 0 Å². The smallest absolute Gasteiger partial charge is 0.142 e. The summed E-state index contributed by atoms with van der Waals surface area (Å²) in [5.41, 5.74) is 6.65. The van der Waals surface area contributed by atoms with Gasteiger partial charge >= 0.3 is 0 Å². The van der Waals surface area contributed by atoms with E-state index in [0.717, 1.165) is 16.5 Å². The summed E-state index contributed by atoms with van der Waals surface area (Å²) < 4.78 is 5.57. The molecule has 3 nitrogen and oxygen atoms in total. The predicted octanol–water partition coefficient (Wildman–Crippen LogP) is 1.50. The van der Waals surface area contributed by atoms with Gasteiger partial charge in [-0.1, -0.05) is 11.6 Å². The molecule has 1 aromatic carbocycles. The molecule has 0 bridgehead atoms. The van der Waals surface area contributed by atoms with Crippen molar-refractivity contribution in [3.8, 4) is 5.75 Å². The highest BCUT2D eigenvalue weighted by molar-refractivity contribution is 6.30. The van der Waals surface area contributed by atoms with Crippen molar-refractivity contribution in [3.05, 3.63) is 23.2 Å². The average molecular weight is 213 g/mol. The van der Waals surface area contributed by atoms with Crippen molar-refractivity contribution >= 4 is 17.3 Å². The van der Waals surface area contributed by atoms with Gasteiger partial charge in [0.2, 0.25) is 0 Å². The number of likely N-dealkylation sites (N-methyl/N-ethyl adjacent to an activating group) is 1. The fourth-order valence-corrected chi connectivity index (χ4v) is 1.78. The maximum absolute atomic E-state index is 5.92. The van der Waals surface area contributed by atoms with Crippen LogP contribution in [0.15, 0.2) is 18.2 Å². The first-order valence-corrected chi connectivity index (χ1v) is 4.95. The number of ether oxygens (including phenoxy) is 1. The summed E-state index contributed by atoms with van der Waals surface area (Å²) in [6.07, 6.45) is 0. The molecule has 76 valence electrons. The molecule has 1 aliphatic heterocycles. The summed E-state index contributed by atoms with van der Waals surface area (Å²) in [4.78, 5) is 2.12. The Labute approximate surface area is 88.4 Å². The third kappa shape index (κ3) is 1.53. The van der Waals surface area contributed by atoms with E-state index in [9.17, 15) is 0 Å². The predicted molar refractivity (Wildman–Crippen MR) is 58.2 cm³/mol. The zero-order valence-corrected chi connectivity index (χ0v) is 8.79. The van der Waals surface area contributed by atoms with Gasteiger partial charge in [0.15, 0.2) is 0 Å². The highest BCUT2D eigenvalue weighted by Crippen LogP contribution is 2.34. The first-order valence-electron chi connectivity index (χ1n) is 4.57. The number of hydrogen-bond acceptors (Lipinski definition) is 3. The molecule has 0 saturated carbocycles. The Morgan fingerprint density at radius 2 is 2.43 bits per heavy atom. The zero-order chi connectivity index (χ0) is 10.1. The van der Waals surface area contributed by atoms with Crippen molar-refractivity contribution in [1.29, 1.82) is 0 Å². The van der Waals surface area contributed by atoms with Gasteiger partial charge in [0.1, 0.15) is 12.4 Å². The van der Waals surface area contributed by atoms with Gasteiger partial charge in [-0.05, 0) is 18.2 Å². The number of nitrogens with zero attached hydrogens (tertiary/aromatic N) is 1. The summed E-state index contributed by atoms with van der Waals surface area (Å²) in [6, 6.07) is 5.86. The number of halogens is 1. The molecule has 0 fully saturated rings. The van der Waals surface area contributed by atoms with Gasteiger partial charge in [0.25, 0.3) is 0 Å². The van der Waals surface area contributed by atoms with E-state index >= 15 is 0 Å². The molecular weight excluding hydrogens is 200 g/mol. The quantitative estimate of drug-likeness (QED) is 0.767. The van der Waals surface area contributed by atoms with Crippen LogP contribution in [0.3, 0.4) is 0 Å². The number of nitrogens with two attached hydrogens (primary N) is 1. The second kappa shape index (κ2) is 3.67. The lowest BCUT2D eigenvalue weighted by Gasteiger charge is -2.35. The zero-order valence-electron chi connectivity index (χ0n) is 8.03. The van der Waals surface area contributed by atoms with Crippen molar-refractivity contribution < 1.29 is 4.74 Å². The standard InChI is InChI=1S/C10H13ClN2O/c1-13-8(5-12)6-14-10-3-2-7(11)4-9(10)13/h2-4,8H,5-6,12H2,1H3. The second-order valence-electron chi connectivity index (χ2n) is 3.42. The monoisotopic (exact) mass is 212 g/mol. The lowest BCUT2D eigenvalue weighted by atomic mass is 10.2. The van der Waals surface area contributed by atoms with Gasteiger partial charge in [-0.25, -0.2) is 0 Å². The van der Waals surface area contributed by atoms with Crippen LogP contribution in [0.5, 0.6) is 5.75 Å². The summed E-state index contributed by atoms with van der Waals surface area (Å²) in [6.45, 7) is 1.23. The van der Waals surface area contributed by atoms with E-state index in [2.05, 4.69) is 4.90 Å². The van der Waals surface area contributed by atoms with Gasteiger partial charge in [0, 0.05) is 18.6 Å². The summed E-state index contributed by atoms with van der Waals surface area (Å²) in [5.74, 6) is 0.876. The summed E-state index contributed by atoms with van der Waals surface area (Å²) in [7, 11) is 2.01. The molecule has 0 saturated heterocycles.